The second-order valence-corrected chi connectivity index (χ2v) is 40.4. The number of hydrogen-bond acceptors (Lipinski definition) is 32. The molecule has 20 rings (SSSR count). The SMILES string of the molecule is CC(F)(F)CS(=O)(=O)c1ocnc1Cn1c(=O)c(Nc2cccnc2)cc2cnc(Nc3ccc(N4CCNCC4)c(C(F)(F)F)c3)nc21.Cc1ccccc1-c1cc2cnc(Nc3ccc(N4C[C@@H](C)N[C@@H](C)C4)c(F)c3)nc2n(Cc2ocnc2S(=O)c2ccncc2)c1=O.Cc1scnc1-c1cc2cnc(Nc3ccc(C4CCNC4)cc3)nc2n(Cc2ccccc2S(=O)c2nccs2)c1=O. The van der Waals surface area contributed by atoms with Crippen molar-refractivity contribution in [1.29, 1.82) is 0 Å². The van der Waals surface area contributed by atoms with E-state index in [1.54, 1.807) is 93.8 Å². The fraction of sp³-hybridized carbons (Fsp3) is 0.240. The molecule has 3 aliphatic rings. The number of piperazine rings is 2. The minimum atomic E-state index is -4.69. The number of aryl methyl sites for hydroxylation is 2. The third-order valence-corrected chi connectivity index (χ3v) is 29.8. The highest BCUT2D eigenvalue weighted by molar-refractivity contribution is 7.91. The highest BCUT2D eigenvalue weighted by Crippen LogP contribution is 2.41. The summed E-state index contributed by atoms with van der Waals surface area (Å²) in [5.41, 5.74) is 7.62. The lowest BCUT2D eigenvalue weighted by Gasteiger charge is -2.37. The van der Waals surface area contributed by atoms with Crippen LogP contribution in [0.2, 0.25) is 0 Å². The largest absolute Gasteiger partial charge is 0.445 e. The molecule has 718 valence electrons. The fourth-order valence-corrected chi connectivity index (χ4v) is 22.1. The van der Waals surface area contributed by atoms with Crippen molar-refractivity contribution in [3.05, 3.63) is 300 Å². The monoisotopic (exact) mass is 1990 g/mol. The Morgan fingerprint density at radius 3 is 1.82 bits per heavy atom. The smallest absolute Gasteiger partial charge is 0.418 e. The molecule has 3 saturated heterocycles. The van der Waals surface area contributed by atoms with Crippen LogP contribution < -0.4 is 63.7 Å². The molecule has 44 heteroatoms. The summed E-state index contributed by atoms with van der Waals surface area (Å²) in [4.78, 5) is 100. The molecule has 3 fully saturated rings. The van der Waals surface area contributed by atoms with Crippen LogP contribution in [0.5, 0.6) is 0 Å². The van der Waals surface area contributed by atoms with E-state index in [4.69, 9.17) is 18.8 Å². The molecule has 3 aliphatic heterocycles. The molecule has 3 unspecified atom stereocenters. The first-order chi connectivity index (χ1) is 67.5. The molecular weight excluding hydrogens is 1910 g/mol. The summed E-state index contributed by atoms with van der Waals surface area (Å²) in [5.74, 6) is -4.37. The molecule has 0 radical (unpaired) electrons. The topological polar surface area (TPSA) is 406 Å². The van der Waals surface area contributed by atoms with Crippen molar-refractivity contribution in [2.75, 3.05) is 89.2 Å². The van der Waals surface area contributed by atoms with E-state index in [9.17, 15) is 53.2 Å². The molecule has 0 saturated carbocycles. The van der Waals surface area contributed by atoms with Crippen LogP contribution in [0, 0.1) is 19.7 Å². The number of halogens is 6. The number of pyridine rings is 5. The lowest BCUT2D eigenvalue weighted by molar-refractivity contribution is -0.137. The number of benzene rings is 5. The van der Waals surface area contributed by atoms with Crippen LogP contribution in [-0.2, 0) is 57.2 Å². The van der Waals surface area contributed by atoms with Gasteiger partial charge in [0.15, 0.2) is 27.9 Å². The Balaban J connectivity index is 0.000000139. The zero-order chi connectivity index (χ0) is 97.7. The molecule has 7 N–H and O–H groups in total. The van der Waals surface area contributed by atoms with Crippen LogP contribution in [-0.4, -0.2) is 166 Å². The average Bonchev–Trinajstić information content (AvgIpc) is 1.33. The number of aromatic nitrogens is 15. The Labute approximate surface area is 808 Å². The van der Waals surface area contributed by atoms with E-state index in [1.807, 2.05) is 85.5 Å². The Hall–Kier alpha value is -14.5. The number of hydrogen-bond donors (Lipinski definition) is 7. The second kappa shape index (κ2) is 41.2. The molecule has 140 heavy (non-hydrogen) atoms. The number of nitrogens with zero attached hydrogens (tertiary/aromatic N) is 17. The summed E-state index contributed by atoms with van der Waals surface area (Å²) < 4.78 is 153. The van der Waals surface area contributed by atoms with Gasteiger partial charge in [0, 0.05) is 168 Å². The van der Waals surface area contributed by atoms with Crippen molar-refractivity contribution in [1.82, 2.24) is 89.5 Å². The van der Waals surface area contributed by atoms with Crippen LogP contribution in [0.1, 0.15) is 71.7 Å². The number of fused-ring (bicyclic) bond motifs is 3. The summed E-state index contributed by atoms with van der Waals surface area (Å²) in [6.07, 6.45) is 10.8. The standard InChI is InChI=1S/C35H33FN8O3S.C31H27N7O2S3.C30H28F5N9O4S/c1-21-6-4-5-7-27(21)28-14-24-16-38-35(41-25-8-9-30(29(36)15-25)43-17-22(2)40-23(3)18-43)42-32(24)44(34(28)45)19-31-33(39-20-47-31)48(46)26-10-12-37-13-11-26;1-19-27(35-18-42-19)25-14-23-16-34-30(36-24-8-6-20(7-9-24)21-10-11-32-15-21)37-28(23)38(29(25)39)17-22-4-2-3-5-26(22)43(40)31-33-12-13-41-31;1-29(31,32)16-49(46,47)27-23(39-17-48-27)15-44-25-18(11-22(26(44)45)40-20-3-2-6-37-14-20)13-38-28(42-25)41-19-4-5-24(21(12-19)30(33,34)35)43-9-7-36-8-10-43/h4-16,20,22-23,40H,17-19H2,1-3H3,(H,38,41,42);2-9,12-14,16,18,21,32H,10-11,15,17H2,1H3,(H,34,36,37);2-6,11-14,17,36,40H,7-10,15-16H2,1H3,(H,38,41,42)/t22-,23+,48?;;. The van der Waals surface area contributed by atoms with Gasteiger partial charge in [0.1, 0.15) is 61.5 Å². The maximum atomic E-state index is 15.4. The molecule has 15 heterocycles. The minimum Gasteiger partial charge on any atom is -0.445 e. The molecular formula is C96H88F6N24O9S5. The van der Waals surface area contributed by atoms with Gasteiger partial charge in [-0.1, -0.05) is 54.6 Å². The lowest BCUT2D eigenvalue weighted by Crippen LogP contribution is -2.54. The molecule has 5 aromatic carbocycles. The highest BCUT2D eigenvalue weighted by Gasteiger charge is 2.38. The Morgan fingerprint density at radius 2 is 1.19 bits per heavy atom. The van der Waals surface area contributed by atoms with E-state index in [1.165, 1.54) is 82.1 Å². The lowest BCUT2D eigenvalue weighted by atomic mass is 9.98. The Kier molecular flexibility index (Phi) is 28.2. The molecule has 33 nitrogen and oxygen atoms in total. The van der Waals surface area contributed by atoms with Crippen molar-refractivity contribution < 1.29 is 52.0 Å². The molecule has 0 bridgehead atoms. The zero-order valence-corrected chi connectivity index (χ0v) is 79.5. The average molecular weight is 2000 g/mol. The van der Waals surface area contributed by atoms with Gasteiger partial charge in [-0.3, -0.25) is 38.1 Å². The van der Waals surface area contributed by atoms with Gasteiger partial charge in [0.25, 0.3) is 22.6 Å². The van der Waals surface area contributed by atoms with E-state index in [0.29, 0.717) is 128 Å². The van der Waals surface area contributed by atoms with Crippen LogP contribution in [0.15, 0.2) is 272 Å². The van der Waals surface area contributed by atoms with Crippen LogP contribution in [0.4, 0.5) is 84.0 Å². The van der Waals surface area contributed by atoms with Crippen molar-refractivity contribution >= 4 is 145 Å². The first-order valence-electron chi connectivity index (χ1n) is 44.1. The summed E-state index contributed by atoms with van der Waals surface area (Å²) in [6.45, 7) is 13.3. The molecule has 0 aliphatic carbocycles. The van der Waals surface area contributed by atoms with Crippen molar-refractivity contribution in [3.8, 4) is 22.4 Å². The van der Waals surface area contributed by atoms with Crippen LogP contribution in [0.3, 0.4) is 0 Å². The third kappa shape index (κ3) is 21.6. The molecule has 0 spiro atoms. The minimum absolute atomic E-state index is 0.00359. The molecule has 5 atom stereocenters. The van der Waals surface area contributed by atoms with E-state index in [0.717, 1.165) is 63.8 Å². The van der Waals surface area contributed by atoms with Gasteiger partial charge in [0.2, 0.25) is 32.8 Å². The van der Waals surface area contributed by atoms with Gasteiger partial charge in [-0.2, -0.15) is 28.1 Å². The summed E-state index contributed by atoms with van der Waals surface area (Å²) in [5, 5.41) is 24.8. The van der Waals surface area contributed by atoms with E-state index >= 15 is 4.39 Å². The van der Waals surface area contributed by atoms with Crippen molar-refractivity contribution in [2.45, 2.75) is 115 Å². The van der Waals surface area contributed by atoms with Crippen LogP contribution in [0.25, 0.3) is 55.5 Å². The first kappa shape index (κ1) is 95.8. The summed E-state index contributed by atoms with van der Waals surface area (Å²) in [6, 6.07) is 44.1. The number of oxazole rings is 2. The van der Waals surface area contributed by atoms with Gasteiger partial charge in [0.05, 0.1) is 64.4 Å². The zero-order valence-electron chi connectivity index (χ0n) is 75.4. The van der Waals surface area contributed by atoms with Gasteiger partial charge < -0.3 is 55.9 Å². The number of anilines is 10. The fourth-order valence-electron chi connectivity index (χ4n) is 16.9. The van der Waals surface area contributed by atoms with E-state index in [-0.39, 0.29) is 98.6 Å². The Morgan fingerprint density at radius 1 is 0.557 bits per heavy atom. The predicted octanol–water partition coefficient (Wildman–Crippen LogP) is 15.7. The van der Waals surface area contributed by atoms with Crippen molar-refractivity contribution in [3.63, 3.8) is 0 Å². The van der Waals surface area contributed by atoms with Crippen LogP contribution >= 0.6 is 22.7 Å². The second-order valence-electron chi connectivity index (χ2n) is 33.5. The molecule has 17 aromatic rings. The third-order valence-electron chi connectivity index (χ3n) is 23.3. The number of rotatable bonds is 26. The predicted molar refractivity (Wildman–Crippen MR) is 524 cm³/mol. The quantitative estimate of drug-likeness (QED) is 0.0248. The normalized spacial score (nSPS) is 15.6. The summed E-state index contributed by atoms with van der Waals surface area (Å²) in [7, 11) is -7.85. The highest BCUT2D eigenvalue weighted by atomic mass is 32.2. The van der Waals surface area contributed by atoms with E-state index < -0.39 is 72.0 Å². The molecule has 0 amide bonds. The number of sulfone groups is 1. The number of alkyl halides is 5. The maximum Gasteiger partial charge on any atom is 0.418 e. The maximum absolute atomic E-state index is 15.4. The van der Waals surface area contributed by atoms with Gasteiger partial charge in [-0.05, 0) is 166 Å². The first-order valence-corrected chi connectivity index (χ1v) is 49.8. The number of thiazole rings is 2. The summed E-state index contributed by atoms with van der Waals surface area (Å²) >= 11 is 2.83. The van der Waals surface area contributed by atoms with Gasteiger partial charge in [-0.15, -0.1) is 22.7 Å². The van der Waals surface area contributed by atoms with Crippen molar-refractivity contribution in [2.24, 2.45) is 0 Å². The van der Waals surface area contributed by atoms with Gasteiger partial charge >= 0.3 is 6.18 Å². The van der Waals surface area contributed by atoms with Gasteiger partial charge in [-0.25, -0.2) is 64.9 Å². The van der Waals surface area contributed by atoms with E-state index in [2.05, 4.69) is 113 Å². The molecule has 12 aromatic heterocycles. The number of nitrogens with one attached hydrogen (secondary N) is 7. The Bertz CT molecular complexity index is 7790.